The van der Waals surface area contributed by atoms with E-state index in [0.29, 0.717) is 0 Å². The number of carbonyl (C=O) groups excluding carboxylic acids is 1. The first-order valence-corrected chi connectivity index (χ1v) is 6.36. The van der Waals surface area contributed by atoms with Crippen molar-refractivity contribution >= 4 is 17.4 Å². The van der Waals surface area contributed by atoms with Crippen molar-refractivity contribution in [1.82, 2.24) is 9.97 Å². The normalized spacial score (nSPS) is 11.2. The minimum Gasteiger partial charge on any atom is -0.382 e. The summed E-state index contributed by atoms with van der Waals surface area (Å²) >= 11 is 0. The Balaban J connectivity index is 2.26. The summed E-state index contributed by atoms with van der Waals surface area (Å²) in [4.78, 5) is 20.0. The second-order valence-corrected chi connectivity index (χ2v) is 5.58. The molecule has 2 rings (SSSR count). The number of nitrogens with one attached hydrogen (secondary N) is 1. The van der Waals surface area contributed by atoms with Crippen LogP contribution in [0, 0.1) is 0 Å². The van der Waals surface area contributed by atoms with Gasteiger partial charge in [0, 0.05) is 5.69 Å². The molecule has 104 valence electrons. The highest BCUT2D eigenvalue weighted by atomic mass is 16.1. The number of hydrogen-bond donors (Lipinski definition) is 2. The van der Waals surface area contributed by atoms with Crippen LogP contribution in [0.25, 0.3) is 0 Å². The molecule has 0 spiro atoms. The highest BCUT2D eigenvalue weighted by molar-refractivity contribution is 6.03. The molecule has 3 N–H and O–H groups in total. The molecule has 0 aliphatic carbocycles. The first kappa shape index (κ1) is 14.0. The zero-order chi connectivity index (χ0) is 14.8. The zero-order valence-electron chi connectivity index (χ0n) is 11.8. The minimum atomic E-state index is -0.297. The van der Waals surface area contributed by atoms with E-state index >= 15 is 0 Å². The van der Waals surface area contributed by atoms with Crippen molar-refractivity contribution in [1.29, 1.82) is 0 Å². The molecule has 20 heavy (non-hydrogen) atoms. The summed E-state index contributed by atoms with van der Waals surface area (Å²) in [5.74, 6) is -0.00848. The maximum Gasteiger partial charge on any atom is 0.275 e. The van der Waals surface area contributed by atoms with Crippen molar-refractivity contribution in [2.45, 2.75) is 26.2 Å². The van der Waals surface area contributed by atoms with E-state index in [4.69, 9.17) is 5.73 Å². The number of carbonyl (C=O) groups is 1. The molecule has 0 bridgehead atoms. The molecule has 1 aromatic heterocycles. The number of anilines is 2. The molecular formula is C15H18N4O. The van der Waals surface area contributed by atoms with Gasteiger partial charge in [0.15, 0.2) is 0 Å². The number of benzene rings is 1. The molecule has 0 saturated carbocycles. The van der Waals surface area contributed by atoms with Crippen LogP contribution in [0.15, 0.2) is 36.7 Å². The molecule has 0 radical (unpaired) electrons. The summed E-state index contributed by atoms with van der Waals surface area (Å²) < 4.78 is 0. The maximum absolute atomic E-state index is 12.2. The molecule has 0 fully saturated rings. The third-order valence-corrected chi connectivity index (χ3v) is 2.89. The van der Waals surface area contributed by atoms with Crippen LogP contribution in [0.5, 0.6) is 0 Å². The monoisotopic (exact) mass is 270 g/mol. The van der Waals surface area contributed by atoms with Crippen LogP contribution < -0.4 is 11.1 Å². The SMILES string of the molecule is CC(C)(C)c1ccccc1NC(=O)c1cnc(N)cn1. The summed E-state index contributed by atoms with van der Waals surface area (Å²) in [6.45, 7) is 6.29. The molecule has 1 amide bonds. The Morgan fingerprint density at radius 1 is 1.15 bits per heavy atom. The number of nitrogen functional groups attached to an aromatic ring is 1. The van der Waals surface area contributed by atoms with Crippen LogP contribution in [0.1, 0.15) is 36.8 Å². The lowest BCUT2D eigenvalue weighted by Crippen LogP contribution is -2.19. The van der Waals surface area contributed by atoms with Crippen LogP contribution in [0.3, 0.4) is 0 Å². The Labute approximate surface area is 118 Å². The lowest BCUT2D eigenvalue weighted by atomic mass is 9.86. The Kier molecular flexibility index (Phi) is 3.70. The van der Waals surface area contributed by atoms with E-state index < -0.39 is 0 Å². The molecule has 5 heteroatoms. The third kappa shape index (κ3) is 3.12. The number of amides is 1. The van der Waals surface area contributed by atoms with Crippen molar-refractivity contribution in [3.05, 3.63) is 47.9 Å². The lowest BCUT2D eigenvalue weighted by molar-refractivity contribution is 0.102. The highest BCUT2D eigenvalue weighted by Crippen LogP contribution is 2.29. The quantitative estimate of drug-likeness (QED) is 0.879. The zero-order valence-corrected chi connectivity index (χ0v) is 11.8. The minimum absolute atomic E-state index is 0.0589. The van der Waals surface area contributed by atoms with Crippen LogP contribution in [-0.2, 0) is 5.41 Å². The molecule has 2 aromatic rings. The van der Waals surface area contributed by atoms with Gasteiger partial charge in [-0.1, -0.05) is 39.0 Å². The highest BCUT2D eigenvalue weighted by Gasteiger charge is 2.19. The largest absolute Gasteiger partial charge is 0.382 e. The van der Waals surface area contributed by atoms with Crippen LogP contribution in [-0.4, -0.2) is 15.9 Å². The predicted octanol–water partition coefficient (Wildman–Crippen LogP) is 2.61. The van der Waals surface area contributed by atoms with Gasteiger partial charge in [0.05, 0.1) is 12.4 Å². The Bertz CT molecular complexity index is 615. The van der Waals surface area contributed by atoms with Gasteiger partial charge in [-0.2, -0.15) is 0 Å². The number of nitrogens with zero attached hydrogens (tertiary/aromatic N) is 2. The molecule has 0 aliphatic heterocycles. The number of aromatic nitrogens is 2. The van der Waals surface area contributed by atoms with E-state index in [9.17, 15) is 4.79 Å². The first-order chi connectivity index (χ1) is 9.38. The van der Waals surface area contributed by atoms with E-state index in [-0.39, 0.29) is 22.8 Å². The van der Waals surface area contributed by atoms with Gasteiger partial charge in [-0.15, -0.1) is 0 Å². The molecule has 1 heterocycles. The maximum atomic E-state index is 12.2. The van der Waals surface area contributed by atoms with Crippen LogP contribution in [0.4, 0.5) is 11.5 Å². The second kappa shape index (κ2) is 5.28. The third-order valence-electron chi connectivity index (χ3n) is 2.89. The molecule has 5 nitrogen and oxygen atoms in total. The average molecular weight is 270 g/mol. The lowest BCUT2D eigenvalue weighted by Gasteiger charge is -2.22. The Morgan fingerprint density at radius 2 is 1.85 bits per heavy atom. The van der Waals surface area contributed by atoms with E-state index in [1.165, 1.54) is 12.4 Å². The predicted molar refractivity (Wildman–Crippen MR) is 79.5 cm³/mol. The van der Waals surface area contributed by atoms with Crippen molar-refractivity contribution < 1.29 is 4.79 Å². The van der Waals surface area contributed by atoms with Gasteiger partial charge in [0.25, 0.3) is 5.91 Å². The topological polar surface area (TPSA) is 80.9 Å². The molecule has 0 unspecified atom stereocenters. The standard InChI is InChI=1S/C15H18N4O/c1-15(2,3)10-6-4-5-7-11(10)19-14(20)12-8-18-13(16)9-17-12/h4-9H,1-3H3,(H2,16,18)(H,19,20). The van der Waals surface area contributed by atoms with Gasteiger partial charge in [-0.3, -0.25) is 4.79 Å². The summed E-state index contributed by atoms with van der Waals surface area (Å²) in [5, 5.41) is 2.87. The average Bonchev–Trinajstić information content (AvgIpc) is 2.38. The van der Waals surface area contributed by atoms with Gasteiger partial charge >= 0.3 is 0 Å². The summed E-state index contributed by atoms with van der Waals surface area (Å²) in [5.41, 5.74) is 7.48. The molecule has 0 saturated heterocycles. The van der Waals surface area contributed by atoms with E-state index in [0.717, 1.165) is 11.3 Å². The fraction of sp³-hybridized carbons (Fsp3) is 0.267. The number of rotatable bonds is 2. The molecule has 0 aliphatic rings. The van der Waals surface area contributed by atoms with Crippen LogP contribution >= 0.6 is 0 Å². The molecule has 1 aromatic carbocycles. The Morgan fingerprint density at radius 3 is 2.45 bits per heavy atom. The van der Waals surface area contributed by atoms with Crippen molar-refractivity contribution in [3.8, 4) is 0 Å². The summed E-state index contributed by atoms with van der Waals surface area (Å²) in [6.07, 6.45) is 2.73. The van der Waals surface area contributed by atoms with E-state index in [2.05, 4.69) is 36.1 Å². The number of para-hydroxylation sites is 1. The molecule has 0 atom stereocenters. The van der Waals surface area contributed by atoms with Crippen molar-refractivity contribution in [3.63, 3.8) is 0 Å². The number of hydrogen-bond acceptors (Lipinski definition) is 4. The van der Waals surface area contributed by atoms with Crippen LogP contribution in [0.2, 0.25) is 0 Å². The van der Waals surface area contributed by atoms with Gasteiger partial charge in [0.1, 0.15) is 11.5 Å². The Hall–Kier alpha value is -2.43. The molecular weight excluding hydrogens is 252 g/mol. The summed E-state index contributed by atoms with van der Waals surface area (Å²) in [7, 11) is 0. The smallest absolute Gasteiger partial charge is 0.275 e. The van der Waals surface area contributed by atoms with Gasteiger partial charge in [-0.05, 0) is 17.0 Å². The first-order valence-electron chi connectivity index (χ1n) is 6.36. The number of nitrogens with two attached hydrogens (primary N) is 1. The summed E-state index contributed by atoms with van der Waals surface area (Å²) in [6, 6.07) is 7.73. The van der Waals surface area contributed by atoms with Gasteiger partial charge in [0.2, 0.25) is 0 Å². The second-order valence-electron chi connectivity index (χ2n) is 5.58. The van der Waals surface area contributed by atoms with Gasteiger partial charge in [-0.25, -0.2) is 9.97 Å². The van der Waals surface area contributed by atoms with E-state index in [1.807, 2.05) is 24.3 Å². The van der Waals surface area contributed by atoms with Crippen molar-refractivity contribution in [2.75, 3.05) is 11.1 Å². The fourth-order valence-electron chi connectivity index (χ4n) is 1.89. The fourth-order valence-corrected chi connectivity index (χ4v) is 1.89. The van der Waals surface area contributed by atoms with Gasteiger partial charge < -0.3 is 11.1 Å². The van der Waals surface area contributed by atoms with Crippen molar-refractivity contribution in [2.24, 2.45) is 0 Å². The van der Waals surface area contributed by atoms with E-state index in [1.54, 1.807) is 0 Å².